The lowest BCUT2D eigenvalue weighted by Gasteiger charge is -2.27. The summed E-state index contributed by atoms with van der Waals surface area (Å²) in [5, 5.41) is 0. The van der Waals surface area contributed by atoms with Gasteiger partial charge in [0, 0.05) is 7.11 Å². The van der Waals surface area contributed by atoms with Crippen molar-refractivity contribution in [2.75, 3.05) is 7.11 Å². The Bertz CT molecular complexity index is 246. The van der Waals surface area contributed by atoms with Crippen LogP contribution in [0.3, 0.4) is 0 Å². The van der Waals surface area contributed by atoms with Gasteiger partial charge < -0.3 is 4.43 Å². The normalized spacial score (nSPS) is 11.6. The van der Waals surface area contributed by atoms with Crippen LogP contribution in [0.4, 0.5) is 0 Å². The van der Waals surface area contributed by atoms with Crippen molar-refractivity contribution in [3.63, 3.8) is 0 Å². The summed E-state index contributed by atoms with van der Waals surface area (Å²) < 4.78 is 5.78. The van der Waals surface area contributed by atoms with Crippen molar-refractivity contribution in [2.24, 2.45) is 0 Å². The molecule has 0 amide bonds. The Morgan fingerprint density at radius 3 is 2.07 bits per heavy atom. The molecule has 1 aromatic carbocycles. The molecule has 0 bridgehead atoms. The molecule has 1 rings (SSSR count). The van der Waals surface area contributed by atoms with Gasteiger partial charge in [0.1, 0.15) is 0 Å². The van der Waals surface area contributed by atoms with Crippen LogP contribution in [0.15, 0.2) is 30.3 Å². The summed E-state index contributed by atoms with van der Waals surface area (Å²) in [7, 11) is 0.419. The molecule has 78 valence electrons. The van der Waals surface area contributed by atoms with Crippen LogP contribution in [0, 0.1) is 0 Å². The van der Waals surface area contributed by atoms with Gasteiger partial charge in [0.2, 0.25) is 0 Å². The highest BCUT2D eigenvalue weighted by molar-refractivity contribution is 6.73. The van der Waals surface area contributed by atoms with Crippen LogP contribution in [-0.2, 0) is 10.5 Å². The molecule has 2 heteroatoms. The fourth-order valence-corrected chi connectivity index (χ4v) is 4.53. The van der Waals surface area contributed by atoms with Crippen molar-refractivity contribution >= 4 is 8.32 Å². The Morgan fingerprint density at radius 1 is 1.07 bits per heavy atom. The Hall–Kier alpha value is -0.603. The number of hydrogen-bond donors (Lipinski definition) is 0. The monoisotopic (exact) mass is 208 g/mol. The molecule has 0 heterocycles. The van der Waals surface area contributed by atoms with Crippen molar-refractivity contribution in [3.8, 4) is 0 Å². The largest absolute Gasteiger partial charge is 0.420 e. The van der Waals surface area contributed by atoms with E-state index in [1.54, 1.807) is 0 Å². The fourth-order valence-electron chi connectivity index (χ4n) is 1.83. The van der Waals surface area contributed by atoms with Gasteiger partial charge >= 0.3 is 0 Å². The van der Waals surface area contributed by atoms with E-state index in [1.165, 1.54) is 17.7 Å². The Morgan fingerprint density at radius 2 is 1.64 bits per heavy atom. The predicted molar refractivity (Wildman–Crippen MR) is 63.9 cm³/mol. The van der Waals surface area contributed by atoms with Crippen molar-refractivity contribution in [2.45, 2.75) is 32.0 Å². The average Bonchev–Trinajstić information content (AvgIpc) is 2.28. The van der Waals surface area contributed by atoms with Gasteiger partial charge in [-0.15, -0.1) is 0 Å². The summed E-state index contributed by atoms with van der Waals surface area (Å²) in [4.78, 5) is 0. The lowest BCUT2D eigenvalue weighted by Crippen LogP contribution is -2.38. The zero-order valence-corrected chi connectivity index (χ0v) is 10.4. The van der Waals surface area contributed by atoms with Gasteiger partial charge in [-0.25, -0.2) is 0 Å². The SMILES string of the molecule is CC[Si](CC)(Cc1ccccc1)OC. The van der Waals surface area contributed by atoms with Crippen LogP contribution in [0.1, 0.15) is 19.4 Å². The molecule has 0 aliphatic heterocycles. The van der Waals surface area contributed by atoms with Crippen molar-refractivity contribution in [3.05, 3.63) is 35.9 Å². The molecular weight excluding hydrogens is 188 g/mol. The summed E-state index contributed by atoms with van der Waals surface area (Å²) in [6.07, 6.45) is 0. The van der Waals surface area contributed by atoms with Gasteiger partial charge in [0.25, 0.3) is 0 Å². The molecule has 0 saturated carbocycles. The molecule has 0 radical (unpaired) electrons. The van der Waals surface area contributed by atoms with E-state index < -0.39 is 8.32 Å². The van der Waals surface area contributed by atoms with Gasteiger partial charge in [-0.3, -0.25) is 0 Å². The molecule has 0 saturated heterocycles. The minimum absolute atomic E-state index is 1.15. The summed E-state index contributed by atoms with van der Waals surface area (Å²) in [6.45, 7) is 4.50. The van der Waals surface area contributed by atoms with E-state index in [4.69, 9.17) is 4.43 Å². The van der Waals surface area contributed by atoms with E-state index in [0.717, 1.165) is 6.04 Å². The first-order chi connectivity index (χ1) is 6.76. The highest BCUT2D eigenvalue weighted by Crippen LogP contribution is 2.21. The highest BCUT2D eigenvalue weighted by atomic mass is 28.4. The van der Waals surface area contributed by atoms with Crippen LogP contribution in [0.2, 0.25) is 12.1 Å². The second kappa shape index (κ2) is 5.32. The maximum absolute atomic E-state index is 5.78. The Kier molecular flexibility index (Phi) is 4.36. The van der Waals surface area contributed by atoms with E-state index in [9.17, 15) is 0 Å². The smallest absolute Gasteiger partial charge is 0.196 e. The maximum Gasteiger partial charge on any atom is 0.196 e. The zero-order valence-electron chi connectivity index (χ0n) is 9.42. The van der Waals surface area contributed by atoms with Crippen molar-refractivity contribution in [1.82, 2.24) is 0 Å². The van der Waals surface area contributed by atoms with Crippen LogP contribution in [0.5, 0.6) is 0 Å². The molecule has 1 nitrogen and oxygen atoms in total. The number of benzene rings is 1. The van der Waals surface area contributed by atoms with E-state index >= 15 is 0 Å². The fraction of sp³-hybridized carbons (Fsp3) is 0.500. The van der Waals surface area contributed by atoms with Crippen LogP contribution < -0.4 is 0 Å². The number of hydrogen-bond acceptors (Lipinski definition) is 1. The molecule has 0 spiro atoms. The summed E-state index contributed by atoms with van der Waals surface area (Å²) >= 11 is 0. The third-order valence-corrected chi connectivity index (χ3v) is 7.59. The molecule has 0 atom stereocenters. The molecule has 1 aromatic rings. The van der Waals surface area contributed by atoms with E-state index in [2.05, 4.69) is 44.2 Å². The summed E-state index contributed by atoms with van der Waals surface area (Å²) in [5.74, 6) is 0. The van der Waals surface area contributed by atoms with Gasteiger partial charge in [-0.1, -0.05) is 44.2 Å². The van der Waals surface area contributed by atoms with Gasteiger partial charge in [-0.2, -0.15) is 0 Å². The van der Waals surface area contributed by atoms with Crippen LogP contribution in [-0.4, -0.2) is 15.4 Å². The molecule has 0 unspecified atom stereocenters. The second-order valence-electron chi connectivity index (χ2n) is 3.76. The molecule has 0 fully saturated rings. The first-order valence-corrected chi connectivity index (χ1v) is 7.88. The lowest BCUT2D eigenvalue weighted by atomic mass is 10.2. The topological polar surface area (TPSA) is 9.23 Å². The third kappa shape index (κ3) is 2.69. The predicted octanol–water partition coefficient (Wildman–Crippen LogP) is 3.40. The molecule has 14 heavy (non-hydrogen) atoms. The van der Waals surface area contributed by atoms with E-state index in [-0.39, 0.29) is 0 Å². The Balaban J connectivity index is 2.74. The highest BCUT2D eigenvalue weighted by Gasteiger charge is 2.29. The first-order valence-electron chi connectivity index (χ1n) is 5.35. The third-order valence-electron chi connectivity index (χ3n) is 3.09. The van der Waals surface area contributed by atoms with E-state index in [0.29, 0.717) is 0 Å². The number of rotatable bonds is 5. The summed E-state index contributed by atoms with van der Waals surface area (Å²) in [6, 6.07) is 14.2. The van der Waals surface area contributed by atoms with Crippen molar-refractivity contribution in [1.29, 1.82) is 0 Å². The minimum Gasteiger partial charge on any atom is -0.420 e. The standard InChI is InChI=1S/C12H20OSi/c1-4-14(5-2,13-3)11-12-9-7-6-8-10-12/h6-10H,4-5,11H2,1-3H3. The average molecular weight is 208 g/mol. The van der Waals surface area contributed by atoms with Gasteiger partial charge in [-0.05, 0) is 23.7 Å². The maximum atomic E-state index is 5.78. The Labute approximate surface area is 88.2 Å². The molecule has 0 aliphatic carbocycles. The molecular formula is C12H20OSi. The molecule has 0 aromatic heterocycles. The second-order valence-corrected chi connectivity index (χ2v) is 8.30. The van der Waals surface area contributed by atoms with Crippen molar-refractivity contribution < 1.29 is 4.43 Å². The van der Waals surface area contributed by atoms with Crippen LogP contribution in [0.25, 0.3) is 0 Å². The zero-order chi connectivity index (χ0) is 10.4. The quantitative estimate of drug-likeness (QED) is 0.674. The van der Waals surface area contributed by atoms with E-state index in [1.807, 2.05) is 7.11 Å². The van der Waals surface area contributed by atoms with Crippen LogP contribution >= 0.6 is 0 Å². The van der Waals surface area contributed by atoms with Gasteiger partial charge in [0.15, 0.2) is 8.32 Å². The minimum atomic E-state index is -1.46. The molecule has 0 aliphatic rings. The molecule has 0 N–H and O–H groups in total. The van der Waals surface area contributed by atoms with Gasteiger partial charge in [0.05, 0.1) is 0 Å². The first kappa shape index (κ1) is 11.5. The summed E-state index contributed by atoms with van der Waals surface area (Å²) in [5.41, 5.74) is 1.42. The lowest BCUT2D eigenvalue weighted by molar-refractivity contribution is 0.391.